The first-order chi connectivity index (χ1) is 10.7. The van der Waals surface area contributed by atoms with Crippen LogP contribution in [0, 0.1) is 0 Å². The van der Waals surface area contributed by atoms with Crippen molar-refractivity contribution in [2.75, 3.05) is 24.3 Å². The Morgan fingerprint density at radius 2 is 1.95 bits per heavy atom. The van der Waals surface area contributed by atoms with Crippen molar-refractivity contribution >= 4 is 35.0 Å². The van der Waals surface area contributed by atoms with Crippen molar-refractivity contribution < 1.29 is 4.74 Å². The van der Waals surface area contributed by atoms with E-state index in [1.165, 1.54) is 11.8 Å². The molecule has 0 amide bonds. The quantitative estimate of drug-likeness (QED) is 0.658. The van der Waals surface area contributed by atoms with Crippen molar-refractivity contribution in [1.29, 1.82) is 0 Å². The number of nitrogens with two attached hydrogens (primary N) is 1. The van der Waals surface area contributed by atoms with Crippen molar-refractivity contribution in [3.05, 3.63) is 35.5 Å². The number of halogens is 1. The molecule has 2 aromatic rings. The fraction of sp³-hybridized carbons (Fsp3) is 0.333. The fourth-order valence-electron chi connectivity index (χ4n) is 2.16. The molecule has 0 aliphatic carbocycles. The fourth-order valence-corrected chi connectivity index (χ4v) is 3.15. The molecule has 1 fully saturated rings. The first kappa shape index (κ1) is 15.4. The van der Waals surface area contributed by atoms with Gasteiger partial charge in [0.05, 0.1) is 11.2 Å². The van der Waals surface area contributed by atoms with Gasteiger partial charge in [-0.25, -0.2) is 9.97 Å². The largest absolute Gasteiger partial charge is 0.399 e. The average Bonchev–Trinajstić information content (AvgIpc) is 2.54. The lowest BCUT2D eigenvalue weighted by atomic mass is 10.1. The van der Waals surface area contributed by atoms with Crippen LogP contribution in [0.5, 0.6) is 0 Å². The van der Waals surface area contributed by atoms with Gasteiger partial charge in [0.15, 0.2) is 0 Å². The molecule has 2 heterocycles. The highest BCUT2D eigenvalue weighted by molar-refractivity contribution is 7.99. The summed E-state index contributed by atoms with van der Waals surface area (Å²) in [5.74, 6) is 0.606. The molecule has 1 aromatic heterocycles. The molecule has 1 aromatic carbocycles. The first-order valence-electron chi connectivity index (χ1n) is 7.11. The van der Waals surface area contributed by atoms with Crippen LogP contribution < -0.4 is 11.1 Å². The van der Waals surface area contributed by atoms with E-state index in [1.807, 2.05) is 24.3 Å². The summed E-state index contributed by atoms with van der Waals surface area (Å²) in [5.41, 5.74) is 6.43. The van der Waals surface area contributed by atoms with Crippen molar-refractivity contribution in [3.63, 3.8) is 0 Å². The minimum Gasteiger partial charge on any atom is -0.399 e. The topological polar surface area (TPSA) is 73.1 Å². The maximum atomic E-state index is 6.20. The molecule has 0 radical (unpaired) electrons. The summed E-state index contributed by atoms with van der Waals surface area (Å²) in [4.78, 5) is 9.82. The van der Waals surface area contributed by atoms with Crippen LogP contribution in [-0.2, 0) is 4.74 Å². The molecule has 0 atom stereocenters. The zero-order valence-electron chi connectivity index (χ0n) is 12.0. The van der Waals surface area contributed by atoms with Crippen LogP contribution in [-0.4, -0.2) is 29.2 Å². The van der Waals surface area contributed by atoms with E-state index < -0.39 is 0 Å². The number of nitrogens with one attached hydrogen (secondary N) is 1. The lowest BCUT2D eigenvalue weighted by Gasteiger charge is -2.23. The summed E-state index contributed by atoms with van der Waals surface area (Å²) >= 11 is 7.70. The minimum atomic E-state index is 0.351. The van der Waals surface area contributed by atoms with Gasteiger partial charge in [0.25, 0.3) is 0 Å². The van der Waals surface area contributed by atoms with Gasteiger partial charge in [-0.15, -0.1) is 0 Å². The maximum absolute atomic E-state index is 6.20. The number of hydrogen-bond donors (Lipinski definition) is 2. The average molecular weight is 337 g/mol. The van der Waals surface area contributed by atoms with Crippen molar-refractivity contribution in [3.8, 4) is 0 Å². The molecule has 0 saturated carbocycles. The smallest absolute Gasteiger partial charge is 0.224 e. The Hall–Kier alpha value is -1.50. The predicted molar refractivity (Wildman–Crippen MR) is 89.5 cm³/mol. The van der Waals surface area contributed by atoms with Crippen LogP contribution in [0.1, 0.15) is 12.8 Å². The molecule has 7 heteroatoms. The molecule has 0 spiro atoms. The number of aromatic nitrogens is 2. The Labute approximate surface area is 138 Å². The number of anilines is 2. The molecule has 116 valence electrons. The van der Waals surface area contributed by atoms with Crippen LogP contribution in [0.3, 0.4) is 0 Å². The second-order valence-electron chi connectivity index (χ2n) is 5.05. The Bertz CT molecular complexity index is 632. The number of rotatable bonds is 4. The van der Waals surface area contributed by atoms with Crippen molar-refractivity contribution in [2.45, 2.75) is 28.8 Å². The van der Waals surface area contributed by atoms with Gasteiger partial charge < -0.3 is 15.8 Å². The second kappa shape index (κ2) is 7.17. The van der Waals surface area contributed by atoms with Crippen LogP contribution in [0.2, 0.25) is 5.02 Å². The van der Waals surface area contributed by atoms with Gasteiger partial charge in [-0.1, -0.05) is 23.4 Å². The van der Waals surface area contributed by atoms with Gasteiger partial charge in [-0.3, -0.25) is 0 Å². The highest BCUT2D eigenvalue weighted by Crippen LogP contribution is 2.32. The normalized spacial score (nSPS) is 15.7. The zero-order valence-corrected chi connectivity index (χ0v) is 13.5. The molecule has 1 saturated heterocycles. The molecule has 1 aliphatic rings. The van der Waals surface area contributed by atoms with Crippen LogP contribution in [0.15, 0.2) is 40.4 Å². The minimum absolute atomic E-state index is 0.351. The van der Waals surface area contributed by atoms with E-state index in [-0.39, 0.29) is 0 Å². The number of benzene rings is 1. The summed E-state index contributed by atoms with van der Waals surface area (Å²) in [6, 6.07) is 7.97. The first-order valence-corrected chi connectivity index (χ1v) is 8.30. The predicted octanol–water partition coefficient (Wildman–Crippen LogP) is 3.45. The monoisotopic (exact) mass is 336 g/mol. The Kier molecular flexibility index (Phi) is 5.02. The van der Waals surface area contributed by atoms with Gasteiger partial charge in [0.2, 0.25) is 5.95 Å². The molecular weight excluding hydrogens is 320 g/mol. The van der Waals surface area contributed by atoms with Gasteiger partial charge in [-0.05, 0) is 37.1 Å². The number of hydrogen-bond acceptors (Lipinski definition) is 6. The third-order valence-electron chi connectivity index (χ3n) is 3.36. The number of nitrogens with zero attached hydrogens (tertiary/aromatic N) is 2. The lowest BCUT2D eigenvalue weighted by Crippen LogP contribution is -2.28. The standard InChI is InChI=1S/C15H17ClN4OS/c16-13-9-18-15(19-11-5-7-21-8-6-11)20-14(13)22-12-3-1-10(17)2-4-12/h1-4,9,11H,5-8,17H2,(H,18,19,20). The lowest BCUT2D eigenvalue weighted by molar-refractivity contribution is 0.0903. The Balaban J connectivity index is 1.73. The summed E-state index contributed by atoms with van der Waals surface area (Å²) in [7, 11) is 0. The van der Waals surface area contributed by atoms with E-state index in [4.69, 9.17) is 22.1 Å². The third-order valence-corrected chi connectivity index (χ3v) is 4.76. The Morgan fingerprint density at radius 1 is 1.23 bits per heavy atom. The summed E-state index contributed by atoms with van der Waals surface area (Å²) in [6.07, 6.45) is 3.56. The van der Waals surface area contributed by atoms with Crippen molar-refractivity contribution in [2.24, 2.45) is 0 Å². The third kappa shape index (κ3) is 4.03. The van der Waals surface area contributed by atoms with Crippen LogP contribution in [0.4, 0.5) is 11.6 Å². The number of ether oxygens (including phenoxy) is 1. The van der Waals surface area contributed by atoms with E-state index >= 15 is 0 Å². The second-order valence-corrected chi connectivity index (χ2v) is 6.52. The summed E-state index contributed by atoms with van der Waals surface area (Å²) in [6.45, 7) is 1.55. The molecule has 22 heavy (non-hydrogen) atoms. The number of nitrogen functional groups attached to an aromatic ring is 1. The van der Waals surface area contributed by atoms with Crippen molar-refractivity contribution in [1.82, 2.24) is 9.97 Å². The zero-order chi connectivity index (χ0) is 15.4. The molecule has 1 aliphatic heterocycles. The van der Waals surface area contributed by atoms with Crippen LogP contribution >= 0.6 is 23.4 Å². The Morgan fingerprint density at radius 3 is 2.68 bits per heavy atom. The van der Waals surface area contributed by atoms with E-state index in [9.17, 15) is 0 Å². The SMILES string of the molecule is Nc1ccc(Sc2nc(NC3CCOCC3)ncc2Cl)cc1. The van der Waals surface area contributed by atoms with Gasteiger partial charge >= 0.3 is 0 Å². The van der Waals surface area contributed by atoms with E-state index in [1.54, 1.807) is 6.20 Å². The molecular formula is C15H17ClN4OS. The van der Waals surface area contributed by atoms with Crippen LogP contribution in [0.25, 0.3) is 0 Å². The van der Waals surface area contributed by atoms with E-state index in [0.29, 0.717) is 17.0 Å². The van der Waals surface area contributed by atoms with Gasteiger partial charge in [0, 0.05) is 29.8 Å². The molecule has 3 rings (SSSR count). The summed E-state index contributed by atoms with van der Waals surface area (Å²) < 4.78 is 5.35. The molecule has 0 unspecified atom stereocenters. The van der Waals surface area contributed by atoms with Gasteiger partial charge in [-0.2, -0.15) is 0 Å². The maximum Gasteiger partial charge on any atom is 0.224 e. The molecule has 5 nitrogen and oxygen atoms in total. The molecule has 0 bridgehead atoms. The van der Waals surface area contributed by atoms with E-state index in [0.717, 1.165) is 41.7 Å². The molecule has 3 N–H and O–H groups in total. The van der Waals surface area contributed by atoms with E-state index in [2.05, 4.69) is 15.3 Å². The highest BCUT2D eigenvalue weighted by atomic mass is 35.5. The van der Waals surface area contributed by atoms with Gasteiger partial charge in [0.1, 0.15) is 5.03 Å². The summed E-state index contributed by atoms with van der Waals surface area (Å²) in [5, 5.41) is 4.62. The highest BCUT2D eigenvalue weighted by Gasteiger charge is 2.15.